The van der Waals surface area contributed by atoms with Gasteiger partial charge < -0.3 is 9.47 Å². The molecule has 44 heavy (non-hydrogen) atoms. The Morgan fingerprint density at radius 2 is 1.45 bits per heavy atom. The second-order valence-electron chi connectivity index (χ2n) is 15.3. The van der Waals surface area contributed by atoms with Crippen molar-refractivity contribution < 1.29 is 9.47 Å². The van der Waals surface area contributed by atoms with Crippen molar-refractivity contribution in [3.63, 3.8) is 0 Å². The predicted molar refractivity (Wildman–Crippen MR) is 192 cm³/mol. The highest BCUT2D eigenvalue weighted by atomic mass is 32.1. The van der Waals surface area contributed by atoms with Crippen LogP contribution in [0.1, 0.15) is 153 Å². The number of nitrogens with zero attached hydrogens (tertiary/aromatic N) is 1. The van der Waals surface area contributed by atoms with E-state index in [1.54, 1.807) is 0 Å². The van der Waals surface area contributed by atoms with Crippen LogP contribution in [0.2, 0.25) is 0 Å². The molecule has 0 fully saturated rings. The largest absolute Gasteiger partial charge is 0.487 e. The average Bonchev–Trinajstić information content (AvgIpc) is 2.97. The fraction of sp³-hybridized carbons (Fsp3) is 0.700. The molecule has 2 aromatic rings. The molecule has 0 spiro atoms. The van der Waals surface area contributed by atoms with Crippen LogP contribution < -0.4 is 9.47 Å². The molecule has 1 aliphatic heterocycles. The second kappa shape index (κ2) is 17.1. The summed E-state index contributed by atoms with van der Waals surface area (Å²) in [5.74, 6) is 5.11. The Hall–Kier alpha value is -1.94. The minimum atomic E-state index is -0.111. The van der Waals surface area contributed by atoms with Crippen molar-refractivity contribution in [2.75, 3.05) is 0 Å². The summed E-state index contributed by atoms with van der Waals surface area (Å²) in [5, 5.41) is 0.433. The van der Waals surface area contributed by atoms with Crippen LogP contribution in [0.3, 0.4) is 0 Å². The fourth-order valence-corrected chi connectivity index (χ4v) is 6.91. The van der Waals surface area contributed by atoms with E-state index in [-0.39, 0.29) is 5.60 Å². The lowest BCUT2D eigenvalue weighted by molar-refractivity contribution is 0.0512. The highest BCUT2D eigenvalue weighted by molar-refractivity contribution is 7.80. The molecule has 3 atom stereocenters. The summed E-state index contributed by atoms with van der Waals surface area (Å²) in [4.78, 5) is 4.63. The first-order chi connectivity index (χ1) is 20.8. The van der Waals surface area contributed by atoms with Crippen LogP contribution >= 0.6 is 12.2 Å². The van der Waals surface area contributed by atoms with Gasteiger partial charge in [-0.15, -0.1) is 0 Å². The molecule has 0 radical (unpaired) electrons. The Kier molecular flexibility index (Phi) is 14.2. The van der Waals surface area contributed by atoms with Gasteiger partial charge in [0.1, 0.15) is 22.8 Å². The molecule has 246 valence electrons. The van der Waals surface area contributed by atoms with Gasteiger partial charge in [-0.1, -0.05) is 92.6 Å². The van der Waals surface area contributed by atoms with Gasteiger partial charge in [-0.05, 0) is 130 Å². The molecule has 1 aromatic heterocycles. The van der Waals surface area contributed by atoms with Crippen LogP contribution in [0.4, 0.5) is 0 Å². The predicted octanol–water partition coefficient (Wildman–Crippen LogP) is 11.9. The molecule has 0 saturated carbocycles. The lowest BCUT2D eigenvalue weighted by atomic mass is 9.83. The number of pyridine rings is 1. The summed E-state index contributed by atoms with van der Waals surface area (Å²) < 4.78 is 13.2. The van der Waals surface area contributed by atoms with Gasteiger partial charge >= 0.3 is 0 Å². The third-order valence-electron chi connectivity index (χ3n) is 10.1. The van der Waals surface area contributed by atoms with E-state index in [4.69, 9.17) is 21.7 Å². The maximum Gasteiger partial charge on any atom is 0.216 e. The molecule has 0 amide bonds. The van der Waals surface area contributed by atoms with E-state index in [9.17, 15) is 0 Å². The van der Waals surface area contributed by atoms with Crippen molar-refractivity contribution in [1.29, 1.82) is 0 Å². The van der Waals surface area contributed by atoms with E-state index in [1.165, 1.54) is 68.1 Å². The number of hydrogen-bond donors (Lipinski definition) is 0. The summed E-state index contributed by atoms with van der Waals surface area (Å²) in [7, 11) is 0. The van der Waals surface area contributed by atoms with Gasteiger partial charge in [0, 0.05) is 11.8 Å². The zero-order valence-corrected chi connectivity index (χ0v) is 30.7. The van der Waals surface area contributed by atoms with E-state index >= 15 is 0 Å². The van der Waals surface area contributed by atoms with Crippen LogP contribution in [0, 0.1) is 44.4 Å². The molecule has 0 N–H and O–H groups in total. The summed E-state index contributed by atoms with van der Waals surface area (Å²) in [5.41, 5.74) is 6.55. The maximum absolute atomic E-state index is 6.86. The molecule has 0 saturated heterocycles. The van der Waals surface area contributed by atoms with Crippen molar-refractivity contribution in [2.24, 2.45) is 23.7 Å². The normalized spacial score (nSPS) is 17.8. The van der Waals surface area contributed by atoms with Crippen LogP contribution in [0.5, 0.6) is 11.5 Å². The van der Waals surface area contributed by atoms with Gasteiger partial charge in [-0.25, -0.2) is 0 Å². The Bertz CT molecular complexity index is 1200. The Morgan fingerprint density at radius 3 is 2.05 bits per heavy atom. The fourth-order valence-electron chi connectivity index (χ4n) is 6.71. The number of thiocarbonyl (C=S) groups is 1. The zero-order chi connectivity index (χ0) is 32.4. The lowest BCUT2D eigenvalue weighted by Gasteiger charge is -2.38. The Labute approximate surface area is 276 Å². The molecule has 0 bridgehead atoms. The maximum atomic E-state index is 6.86. The standard InChI is InChI=1S/C40H63NO2S/c1-27(2)14-11-15-29(5)16-12-17-30(6)18-13-24-40(10)25-23-35-33(9)37(31(7)32(8)38(35)43-40)42-39(44)36-22-21-34(26-41-36)20-19-28(3)4/h21-22,26-30H,11-20,23-25H2,1-10H3/t29-,30-,40-/m1/s1. The number of benzene rings is 1. The zero-order valence-electron chi connectivity index (χ0n) is 29.9. The molecule has 0 aliphatic carbocycles. The number of aromatic nitrogens is 1. The molecule has 0 unspecified atom stereocenters. The van der Waals surface area contributed by atoms with E-state index in [0.29, 0.717) is 11.0 Å². The highest BCUT2D eigenvalue weighted by Crippen LogP contribution is 2.45. The molecule has 4 heteroatoms. The molecule has 1 aliphatic rings. The monoisotopic (exact) mass is 621 g/mol. The number of aryl methyl sites for hydroxylation is 1. The smallest absolute Gasteiger partial charge is 0.216 e. The van der Waals surface area contributed by atoms with Gasteiger partial charge in [0.2, 0.25) is 5.05 Å². The third-order valence-corrected chi connectivity index (χ3v) is 10.4. The minimum absolute atomic E-state index is 0.111. The summed E-state index contributed by atoms with van der Waals surface area (Å²) in [6, 6.07) is 4.13. The lowest BCUT2D eigenvalue weighted by Crippen LogP contribution is -2.37. The number of fused-ring (bicyclic) bond motifs is 1. The van der Waals surface area contributed by atoms with Gasteiger partial charge in [0.15, 0.2) is 0 Å². The number of ether oxygens (including phenoxy) is 2. The summed E-state index contributed by atoms with van der Waals surface area (Å²) >= 11 is 5.72. The first kappa shape index (κ1) is 36.5. The molecule has 3 rings (SSSR count). The Balaban J connectivity index is 1.53. The van der Waals surface area contributed by atoms with Crippen molar-refractivity contribution in [1.82, 2.24) is 4.98 Å². The van der Waals surface area contributed by atoms with E-state index in [1.807, 2.05) is 12.3 Å². The summed E-state index contributed by atoms with van der Waals surface area (Å²) in [6.07, 6.45) is 18.1. The first-order valence-electron chi connectivity index (χ1n) is 17.8. The minimum Gasteiger partial charge on any atom is -0.487 e. The molecular weight excluding hydrogens is 559 g/mol. The molecule has 1 aromatic carbocycles. The number of rotatable bonds is 17. The Morgan fingerprint density at radius 1 is 0.841 bits per heavy atom. The van der Waals surface area contributed by atoms with Crippen LogP contribution in [-0.2, 0) is 12.8 Å². The van der Waals surface area contributed by atoms with Crippen LogP contribution in [0.15, 0.2) is 18.3 Å². The van der Waals surface area contributed by atoms with Crippen molar-refractivity contribution in [3.05, 3.63) is 51.8 Å². The van der Waals surface area contributed by atoms with Gasteiger partial charge in [-0.2, -0.15) is 0 Å². The van der Waals surface area contributed by atoms with Crippen LogP contribution in [-0.4, -0.2) is 15.6 Å². The highest BCUT2D eigenvalue weighted by Gasteiger charge is 2.34. The van der Waals surface area contributed by atoms with Crippen molar-refractivity contribution in [3.8, 4) is 11.5 Å². The van der Waals surface area contributed by atoms with Crippen molar-refractivity contribution in [2.45, 2.75) is 158 Å². The van der Waals surface area contributed by atoms with Crippen LogP contribution in [0.25, 0.3) is 0 Å². The molecular formula is C40H63NO2S. The van der Waals surface area contributed by atoms with E-state index in [0.717, 1.165) is 78.2 Å². The number of hydrogen-bond acceptors (Lipinski definition) is 4. The van der Waals surface area contributed by atoms with E-state index < -0.39 is 0 Å². The second-order valence-corrected chi connectivity index (χ2v) is 15.7. The molecule has 3 nitrogen and oxygen atoms in total. The SMILES string of the molecule is Cc1c(C)c2c(c(C)c1OC(=S)c1ccc(CCC(C)C)cn1)CC[C@@](C)(CCC[C@H](C)CCC[C@H](C)CCCC(C)C)O2. The van der Waals surface area contributed by atoms with Crippen molar-refractivity contribution >= 4 is 17.3 Å². The van der Waals surface area contributed by atoms with Gasteiger partial charge in [0.05, 0.1) is 0 Å². The third kappa shape index (κ3) is 10.8. The van der Waals surface area contributed by atoms with Gasteiger partial charge in [-0.3, -0.25) is 4.98 Å². The summed E-state index contributed by atoms with van der Waals surface area (Å²) in [6.45, 7) is 22.8. The van der Waals surface area contributed by atoms with E-state index in [2.05, 4.69) is 80.3 Å². The van der Waals surface area contributed by atoms with Gasteiger partial charge in [0.25, 0.3) is 0 Å². The molecule has 2 heterocycles. The quantitative estimate of drug-likeness (QED) is 0.164. The first-order valence-corrected chi connectivity index (χ1v) is 18.2. The average molecular weight is 622 g/mol. The topological polar surface area (TPSA) is 31.4 Å².